The highest BCUT2D eigenvalue weighted by Crippen LogP contribution is 2.17. The Morgan fingerprint density at radius 1 is 1.35 bits per heavy atom. The summed E-state index contributed by atoms with van der Waals surface area (Å²) < 4.78 is 0. The summed E-state index contributed by atoms with van der Waals surface area (Å²) in [6.45, 7) is 7.51. The van der Waals surface area contributed by atoms with Gasteiger partial charge in [-0.1, -0.05) is 40.5 Å². The van der Waals surface area contributed by atoms with Crippen LogP contribution in [0.5, 0.6) is 0 Å². The lowest BCUT2D eigenvalue weighted by atomic mass is 9.86. The molecule has 0 saturated carbocycles. The maximum Gasteiger partial charge on any atom is 0.326 e. The highest BCUT2D eigenvalue weighted by molar-refractivity contribution is 5.87. The second kappa shape index (κ2) is 6.59. The van der Waals surface area contributed by atoms with E-state index >= 15 is 0 Å². The maximum absolute atomic E-state index is 11.8. The molecule has 0 radical (unpaired) electrons. The van der Waals surface area contributed by atoms with Crippen LogP contribution in [0.1, 0.15) is 47.0 Å². The Morgan fingerprint density at radius 3 is 2.24 bits per heavy atom. The van der Waals surface area contributed by atoms with Crippen molar-refractivity contribution in [2.45, 2.75) is 59.0 Å². The number of carbonyl (C=O) groups excluding carboxylic acids is 1. The van der Waals surface area contributed by atoms with Gasteiger partial charge in [-0.15, -0.1) is 0 Å². The van der Waals surface area contributed by atoms with Gasteiger partial charge in [0.2, 0.25) is 5.91 Å². The monoisotopic (exact) mass is 244 g/mol. The van der Waals surface area contributed by atoms with Crippen LogP contribution >= 0.6 is 0 Å². The molecule has 0 spiro atoms. The van der Waals surface area contributed by atoms with E-state index in [2.05, 4.69) is 5.32 Å². The van der Waals surface area contributed by atoms with Gasteiger partial charge in [-0.05, 0) is 11.8 Å². The highest BCUT2D eigenvalue weighted by atomic mass is 16.4. The third-order valence-electron chi connectivity index (χ3n) is 2.68. The lowest BCUT2D eigenvalue weighted by Gasteiger charge is -2.27. The van der Waals surface area contributed by atoms with Crippen molar-refractivity contribution in [1.82, 2.24) is 5.32 Å². The molecule has 0 rings (SSSR count). The zero-order chi connectivity index (χ0) is 13.6. The molecular formula is C12H24N2O3. The molecule has 100 valence electrons. The average Bonchev–Trinajstić information content (AvgIpc) is 2.20. The van der Waals surface area contributed by atoms with Gasteiger partial charge >= 0.3 is 5.97 Å². The zero-order valence-corrected chi connectivity index (χ0v) is 11.1. The summed E-state index contributed by atoms with van der Waals surface area (Å²) >= 11 is 0. The number of carboxylic acid groups (broad SMARTS) is 1. The first-order chi connectivity index (χ1) is 7.70. The lowest BCUT2D eigenvalue weighted by Crippen LogP contribution is -2.53. The molecular weight excluding hydrogens is 220 g/mol. The first-order valence-corrected chi connectivity index (χ1v) is 5.99. The van der Waals surface area contributed by atoms with Gasteiger partial charge in [-0.25, -0.2) is 4.79 Å². The van der Waals surface area contributed by atoms with Crippen LogP contribution in [0.3, 0.4) is 0 Å². The number of amides is 1. The van der Waals surface area contributed by atoms with E-state index in [1.165, 1.54) is 0 Å². The minimum atomic E-state index is -1.01. The van der Waals surface area contributed by atoms with Gasteiger partial charge in [-0.2, -0.15) is 0 Å². The van der Waals surface area contributed by atoms with Crippen LogP contribution in [0, 0.1) is 5.41 Å². The van der Waals surface area contributed by atoms with Crippen LogP contribution in [0.2, 0.25) is 0 Å². The Balaban J connectivity index is 4.45. The number of nitrogens with one attached hydrogen (secondary N) is 1. The quantitative estimate of drug-likeness (QED) is 0.652. The number of nitrogens with two attached hydrogens (primary N) is 1. The third-order valence-corrected chi connectivity index (χ3v) is 2.68. The van der Waals surface area contributed by atoms with Crippen molar-refractivity contribution in [3.05, 3.63) is 0 Å². The van der Waals surface area contributed by atoms with Crippen molar-refractivity contribution in [1.29, 1.82) is 0 Å². The normalized spacial score (nSPS) is 15.1. The van der Waals surface area contributed by atoms with Crippen LogP contribution in [-0.4, -0.2) is 29.1 Å². The van der Waals surface area contributed by atoms with E-state index in [0.29, 0.717) is 6.42 Å². The lowest BCUT2D eigenvalue weighted by molar-refractivity contribution is -0.142. The summed E-state index contributed by atoms with van der Waals surface area (Å²) in [4.78, 5) is 22.7. The minimum Gasteiger partial charge on any atom is -0.480 e. The predicted octanol–water partition coefficient (Wildman–Crippen LogP) is 1.12. The molecule has 0 aromatic carbocycles. The molecule has 2 atom stereocenters. The Kier molecular flexibility index (Phi) is 6.16. The fraction of sp³-hybridized carbons (Fsp3) is 0.833. The third kappa shape index (κ3) is 5.68. The molecule has 0 aromatic rings. The second-order valence-corrected chi connectivity index (χ2v) is 5.39. The minimum absolute atomic E-state index is 0.377. The summed E-state index contributed by atoms with van der Waals surface area (Å²) in [5.74, 6) is -1.41. The summed E-state index contributed by atoms with van der Waals surface area (Å²) in [6.07, 6.45) is 2.10. The number of unbranched alkanes of at least 4 members (excludes halogenated alkanes) is 1. The molecule has 0 heterocycles. The van der Waals surface area contributed by atoms with E-state index < -0.39 is 24.0 Å². The molecule has 17 heavy (non-hydrogen) atoms. The summed E-state index contributed by atoms with van der Waals surface area (Å²) in [5, 5.41) is 11.5. The Hall–Kier alpha value is -1.10. The first-order valence-electron chi connectivity index (χ1n) is 5.99. The number of hydrogen-bond acceptors (Lipinski definition) is 3. The van der Waals surface area contributed by atoms with Crippen molar-refractivity contribution < 1.29 is 14.7 Å². The molecule has 0 aromatic heterocycles. The molecule has 0 aliphatic carbocycles. The van der Waals surface area contributed by atoms with Gasteiger partial charge in [-0.3, -0.25) is 4.79 Å². The van der Waals surface area contributed by atoms with Crippen LogP contribution in [0.15, 0.2) is 0 Å². The van der Waals surface area contributed by atoms with Crippen molar-refractivity contribution in [2.24, 2.45) is 11.1 Å². The van der Waals surface area contributed by atoms with Crippen LogP contribution in [0.4, 0.5) is 0 Å². The van der Waals surface area contributed by atoms with E-state index in [1.807, 2.05) is 27.7 Å². The van der Waals surface area contributed by atoms with Crippen molar-refractivity contribution >= 4 is 11.9 Å². The second-order valence-electron chi connectivity index (χ2n) is 5.39. The smallest absolute Gasteiger partial charge is 0.326 e. The molecule has 0 aliphatic heterocycles. The summed E-state index contributed by atoms with van der Waals surface area (Å²) in [6, 6.07) is -1.54. The SMILES string of the molecule is CCCCC(NC(=O)C(N)C(C)(C)C)C(=O)O. The Bertz CT molecular complexity index is 271. The number of carbonyl (C=O) groups is 2. The largest absolute Gasteiger partial charge is 0.480 e. The molecule has 5 nitrogen and oxygen atoms in total. The molecule has 4 N–H and O–H groups in total. The van der Waals surface area contributed by atoms with Crippen LogP contribution in [-0.2, 0) is 9.59 Å². The fourth-order valence-electron chi connectivity index (χ4n) is 1.32. The zero-order valence-electron chi connectivity index (χ0n) is 11.1. The Labute approximate surface area is 103 Å². The van der Waals surface area contributed by atoms with Gasteiger partial charge in [0.15, 0.2) is 0 Å². The van der Waals surface area contributed by atoms with E-state index in [9.17, 15) is 9.59 Å². The molecule has 2 unspecified atom stereocenters. The van der Waals surface area contributed by atoms with Crippen LogP contribution < -0.4 is 11.1 Å². The molecule has 5 heteroatoms. The van der Waals surface area contributed by atoms with Gasteiger partial charge < -0.3 is 16.2 Å². The van der Waals surface area contributed by atoms with E-state index in [-0.39, 0.29) is 5.41 Å². The Morgan fingerprint density at radius 2 is 1.88 bits per heavy atom. The molecule has 0 saturated heterocycles. The van der Waals surface area contributed by atoms with Crippen molar-refractivity contribution in [3.63, 3.8) is 0 Å². The topological polar surface area (TPSA) is 92.4 Å². The molecule has 0 bridgehead atoms. The van der Waals surface area contributed by atoms with Gasteiger partial charge in [0.1, 0.15) is 6.04 Å². The molecule has 0 aliphatic rings. The number of carboxylic acids is 1. The van der Waals surface area contributed by atoms with Gasteiger partial charge in [0.25, 0.3) is 0 Å². The van der Waals surface area contributed by atoms with E-state index in [1.54, 1.807) is 0 Å². The van der Waals surface area contributed by atoms with Crippen LogP contribution in [0.25, 0.3) is 0 Å². The first kappa shape index (κ1) is 15.9. The summed E-state index contributed by atoms with van der Waals surface area (Å²) in [5.41, 5.74) is 5.39. The van der Waals surface area contributed by atoms with Gasteiger partial charge in [0, 0.05) is 0 Å². The molecule has 1 amide bonds. The number of rotatable bonds is 6. The fourth-order valence-corrected chi connectivity index (χ4v) is 1.32. The van der Waals surface area contributed by atoms with E-state index in [0.717, 1.165) is 12.8 Å². The van der Waals surface area contributed by atoms with Crippen molar-refractivity contribution in [3.8, 4) is 0 Å². The van der Waals surface area contributed by atoms with Gasteiger partial charge in [0.05, 0.1) is 6.04 Å². The molecule has 0 fully saturated rings. The summed E-state index contributed by atoms with van der Waals surface area (Å²) in [7, 11) is 0. The predicted molar refractivity (Wildman–Crippen MR) is 66.5 cm³/mol. The van der Waals surface area contributed by atoms with Crippen molar-refractivity contribution in [2.75, 3.05) is 0 Å². The van der Waals surface area contributed by atoms with E-state index in [4.69, 9.17) is 10.8 Å². The maximum atomic E-state index is 11.8. The average molecular weight is 244 g/mol. The standard InChI is InChI=1S/C12H24N2O3/c1-5-6-7-8(11(16)17)14-10(15)9(13)12(2,3)4/h8-9H,5-7,13H2,1-4H3,(H,14,15)(H,16,17). The highest BCUT2D eigenvalue weighted by Gasteiger charge is 2.30. The number of hydrogen-bond donors (Lipinski definition) is 3. The number of aliphatic carboxylic acids is 1.